The lowest BCUT2D eigenvalue weighted by Crippen LogP contribution is -2.06. The first-order valence-corrected chi connectivity index (χ1v) is 6.16. The maximum atomic E-state index is 5.91. The molecular formula is C12H12ClN5. The van der Waals surface area contributed by atoms with Gasteiger partial charge in [-0.15, -0.1) is 5.10 Å². The quantitative estimate of drug-likeness (QED) is 0.886. The highest BCUT2D eigenvalue weighted by Gasteiger charge is 2.21. The summed E-state index contributed by atoms with van der Waals surface area (Å²) in [6.45, 7) is 0. The van der Waals surface area contributed by atoms with Crippen molar-refractivity contribution >= 4 is 29.1 Å². The van der Waals surface area contributed by atoms with Gasteiger partial charge in [-0.1, -0.05) is 17.7 Å². The summed E-state index contributed by atoms with van der Waals surface area (Å²) < 4.78 is 0. The first-order valence-electron chi connectivity index (χ1n) is 5.78. The standard InChI is InChI=1S/C12H12ClN5/c13-8-2-1-3-10(6-8)16-12-17-11(7-14-18-12)15-9-4-5-9/h1-3,6-7,9H,4-5H2,(H2,15,16,17,18). The minimum Gasteiger partial charge on any atom is -0.366 e. The van der Waals surface area contributed by atoms with Crippen molar-refractivity contribution in [1.29, 1.82) is 0 Å². The van der Waals surface area contributed by atoms with Crippen molar-refractivity contribution in [2.45, 2.75) is 18.9 Å². The average molecular weight is 262 g/mol. The number of nitrogens with zero attached hydrogens (tertiary/aromatic N) is 3. The summed E-state index contributed by atoms with van der Waals surface area (Å²) in [5.74, 6) is 1.21. The SMILES string of the molecule is Clc1cccc(Nc2nncc(NC3CC3)n2)c1. The summed E-state index contributed by atoms with van der Waals surface area (Å²) in [7, 11) is 0. The van der Waals surface area contributed by atoms with Crippen molar-refractivity contribution < 1.29 is 0 Å². The van der Waals surface area contributed by atoms with E-state index in [1.54, 1.807) is 6.20 Å². The van der Waals surface area contributed by atoms with Crippen LogP contribution in [0.1, 0.15) is 12.8 Å². The van der Waals surface area contributed by atoms with E-state index < -0.39 is 0 Å². The van der Waals surface area contributed by atoms with Crippen LogP contribution in [0.5, 0.6) is 0 Å². The van der Waals surface area contributed by atoms with Crippen molar-refractivity contribution in [3.63, 3.8) is 0 Å². The maximum absolute atomic E-state index is 5.91. The Morgan fingerprint density at radius 3 is 2.94 bits per heavy atom. The molecule has 1 saturated carbocycles. The molecule has 1 aromatic heterocycles. The Labute approximate surface area is 110 Å². The maximum Gasteiger partial charge on any atom is 0.249 e. The molecule has 0 amide bonds. The Morgan fingerprint density at radius 1 is 1.28 bits per heavy atom. The molecule has 3 rings (SSSR count). The van der Waals surface area contributed by atoms with Gasteiger partial charge >= 0.3 is 0 Å². The fraction of sp³-hybridized carbons (Fsp3) is 0.250. The number of hydrogen-bond donors (Lipinski definition) is 2. The average Bonchev–Trinajstić information content (AvgIpc) is 3.13. The highest BCUT2D eigenvalue weighted by molar-refractivity contribution is 6.30. The van der Waals surface area contributed by atoms with Crippen LogP contribution in [0, 0.1) is 0 Å². The van der Waals surface area contributed by atoms with Gasteiger partial charge in [-0.2, -0.15) is 10.1 Å². The lowest BCUT2D eigenvalue weighted by atomic mass is 10.3. The van der Waals surface area contributed by atoms with Gasteiger partial charge in [-0.25, -0.2) is 0 Å². The molecule has 5 nitrogen and oxygen atoms in total. The Kier molecular flexibility index (Phi) is 2.98. The molecule has 0 bridgehead atoms. The van der Waals surface area contributed by atoms with Gasteiger partial charge in [0.15, 0.2) is 5.82 Å². The summed E-state index contributed by atoms with van der Waals surface area (Å²) in [6, 6.07) is 7.93. The molecular weight excluding hydrogens is 250 g/mol. The van der Waals surface area contributed by atoms with Crippen LogP contribution in [-0.4, -0.2) is 21.2 Å². The summed E-state index contributed by atoms with van der Waals surface area (Å²) in [4.78, 5) is 4.34. The van der Waals surface area contributed by atoms with Crippen LogP contribution < -0.4 is 10.6 Å². The summed E-state index contributed by atoms with van der Waals surface area (Å²) in [6.07, 6.45) is 4.02. The fourth-order valence-corrected chi connectivity index (χ4v) is 1.75. The first kappa shape index (κ1) is 11.2. The Bertz CT molecular complexity index is 556. The van der Waals surface area contributed by atoms with E-state index in [0.29, 0.717) is 17.0 Å². The second-order valence-corrected chi connectivity index (χ2v) is 4.66. The van der Waals surface area contributed by atoms with Gasteiger partial charge in [0.05, 0.1) is 6.20 Å². The van der Waals surface area contributed by atoms with Crippen LogP contribution in [0.2, 0.25) is 5.02 Å². The first-order chi connectivity index (χ1) is 8.79. The van der Waals surface area contributed by atoms with Crippen molar-refractivity contribution in [2.24, 2.45) is 0 Å². The normalized spacial score (nSPS) is 14.3. The Hall–Kier alpha value is -1.88. The van der Waals surface area contributed by atoms with Crippen molar-refractivity contribution in [3.8, 4) is 0 Å². The molecule has 1 aliphatic rings. The molecule has 0 radical (unpaired) electrons. The second kappa shape index (κ2) is 4.78. The number of hydrogen-bond acceptors (Lipinski definition) is 5. The van der Waals surface area contributed by atoms with E-state index in [-0.39, 0.29) is 0 Å². The number of benzene rings is 1. The van der Waals surface area contributed by atoms with Crippen molar-refractivity contribution in [3.05, 3.63) is 35.5 Å². The molecule has 1 aromatic carbocycles. The van der Waals surface area contributed by atoms with E-state index in [0.717, 1.165) is 11.5 Å². The zero-order valence-corrected chi connectivity index (χ0v) is 10.4. The smallest absolute Gasteiger partial charge is 0.249 e. The van der Waals surface area contributed by atoms with Crippen LogP contribution >= 0.6 is 11.6 Å². The third kappa shape index (κ3) is 2.87. The molecule has 0 unspecified atom stereocenters. The molecule has 92 valence electrons. The second-order valence-electron chi connectivity index (χ2n) is 4.22. The van der Waals surface area contributed by atoms with Crippen LogP contribution in [-0.2, 0) is 0 Å². The summed E-state index contributed by atoms with van der Waals surface area (Å²) in [5, 5.41) is 14.9. The van der Waals surface area contributed by atoms with E-state index in [1.165, 1.54) is 12.8 Å². The molecule has 1 heterocycles. The van der Waals surface area contributed by atoms with Gasteiger partial charge in [0.25, 0.3) is 0 Å². The zero-order valence-electron chi connectivity index (χ0n) is 9.60. The van der Waals surface area contributed by atoms with E-state index in [2.05, 4.69) is 25.8 Å². The van der Waals surface area contributed by atoms with E-state index in [4.69, 9.17) is 11.6 Å². The van der Waals surface area contributed by atoms with Crippen LogP contribution in [0.3, 0.4) is 0 Å². The van der Waals surface area contributed by atoms with Crippen LogP contribution in [0.15, 0.2) is 30.5 Å². The number of halogens is 1. The molecule has 6 heteroatoms. The molecule has 0 aliphatic heterocycles. The van der Waals surface area contributed by atoms with E-state index in [9.17, 15) is 0 Å². The van der Waals surface area contributed by atoms with Gasteiger partial charge in [-0.05, 0) is 31.0 Å². The molecule has 1 aliphatic carbocycles. The summed E-state index contributed by atoms with van der Waals surface area (Å²) in [5.41, 5.74) is 0.841. The van der Waals surface area contributed by atoms with Gasteiger partial charge in [0, 0.05) is 16.8 Å². The van der Waals surface area contributed by atoms with Crippen molar-refractivity contribution in [2.75, 3.05) is 10.6 Å². The Morgan fingerprint density at radius 2 is 2.17 bits per heavy atom. The number of rotatable bonds is 4. The summed E-state index contributed by atoms with van der Waals surface area (Å²) >= 11 is 5.91. The molecule has 18 heavy (non-hydrogen) atoms. The monoisotopic (exact) mass is 261 g/mol. The molecule has 2 N–H and O–H groups in total. The molecule has 1 fully saturated rings. The highest BCUT2D eigenvalue weighted by Crippen LogP contribution is 2.24. The van der Waals surface area contributed by atoms with E-state index in [1.807, 2.05) is 24.3 Å². The molecule has 0 atom stereocenters. The molecule has 0 saturated heterocycles. The predicted octanol–water partition coefficient (Wildman–Crippen LogP) is 2.84. The topological polar surface area (TPSA) is 62.7 Å². The lowest BCUT2D eigenvalue weighted by molar-refractivity contribution is 0.965. The fourth-order valence-electron chi connectivity index (χ4n) is 1.56. The zero-order chi connectivity index (χ0) is 12.4. The van der Waals surface area contributed by atoms with Gasteiger partial charge < -0.3 is 10.6 Å². The Balaban J connectivity index is 1.75. The largest absolute Gasteiger partial charge is 0.366 e. The molecule has 0 spiro atoms. The third-order valence-corrected chi connectivity index (χ3v) is 2.80. The van der Waals surface area contributed by atoms with Crippen LogP contribution in [0.4, 0.5) is 17.5 Å². The number of nitrogens with one attached hydrogen (secondary N) is 2. The molecule has 2 aromatic rings. The highest BCUT2D eigenvalue weighted by atomic mass is 35.5. The lowest BCUT2D eigenvalue weighted by Gasteiger charge is -2.06. The minimum atomic E-state index is 0.461. The third-order valence-electron chi connectivity index (χ3n) is 2.57. The number of anilines is 3. The van der Waals surface area contributed by atoms with Gasteiger partial charge in [0.1, 0.15) is 0 Å². The predicted molar refractivity (Wildman–Crippen MR) is 71.2 cm³/mol. The van der Waals surface area contributed by atoms with Gasteiger partial charge in [0.2, 0.25) is 5.95 Å². The van der Waals surface area contributed by atoms with Gasteiger partial charge in [-0.3, -0.25) is 0 Å². The van der Waals surface area contributed by atoms with E-state index >= 15 is 0 Å². The number of aromatic nitrogens is 3. The van der Waals surface area contributed by atoms with Crippen molar-refractivity contribution in [1.82, 2.24) is 15.2 Å². The van der Waals surface area contributed by atoms with Crippen LogP contribution in [0.25, 0.3) is 0 Å². The minimum absolute atomic E-state index is 0.461.